The largest absolute Gasteiger partial charge is 0.356 e. The Morgan fingerprint density at radius 1 is 1.14 bits per heavy atom. The van der Waals surface area contributed by atoms with Gasteiger partial charge in [0, 0.05) is 38.6 Å². The Labute approximate surface area is 189 Å². The molecule has 0 aromatic rings. The molecule has 6 heteroatoms. The highest BCUT2D eigenvalue weighted by molar-refractivity contribution is 14.0. The average molecular weight is 507 g/mol. The highest BCUT2D eigenvalue weighted by atomic mass is 127. The first-order valence-corrected chi connectivity index (χ1v) is 11.3. The van der Waals surface area contributed by atoms with E-state index in [4.69, 9.17) is 0 Å². The third-order valence-corrected chi connectivity index (χ3v) is 6.60. The Kier molecular flexibility index (Phi) is 12.4. The van der Waals surface area contributed by atoms with Crippen LogP contribution >= 0.6 is 24.0 Å². The summed E-state index contributed by atoms with van der Waals surface area (Å²) in [6.45, 7) is 9.35. The van der Waals surface area contributed by atoms with Crippen LogP contribution in [0.25, 0.3) is 0 Å². The van der Waals surface area contributed by atoms with Gasteiger partial charge in [-0.05, 0) is 50.4 Å². The van der Waals surface area contributed by atoms with Crippen molar-refractivity contribution in [1.82, 2.24) is 15.5 Å². The third kappa shape index (κ3) is 8.07. The number of guanidine groups is 1. The van der Waals surface area contributed by atoms with Gasteiger partial charge >= 0.3 is 0 Å². The zero-order valence-electron chi connectivity index (χ0n) is 18.5. The molecule has 0 spiro atoms. The van der Waals surface area contributed by atoms with Gasteiger partial charge in [-0.15, -0.1) is 24.0 Å². The van der Waals surface area contributed by atoms with Crippen molar-refractivity contribution in [2.45, 2.75) is 84.6 Å². The molecule has 2 fully saturated rings. The predicted molar refractivity (Wildman–Crippen MR) is 129 cm³/mol. The molecule has 1 heterocycles. The highest BCUT2D eigenvalue weighted by Crippen LogP contribution is 2.30. The number of aliphatic imine (C=N–C) groups is 1. The zero-order valence-corrected chi connectivity index (χ0v) is 20.8. The van der Waals surface area contributed by atoms with Crippen molar-refractivity contribution < 1.29 is 4.79 Å². The maximum Gasteiger partial charge on any atom is 0.225 e. The summed E-state index contributed by atoms with van der Waals surface area (Å²) in [5.74, 6) is 3.24. The van der Waals surface area contributed by atoms with Gasteiger partial charge in [-0.1, -0.05) is 40.0 Å². The molecule has 164 valence electrons. The lowest BCUT2D eigenvalue weighted by atomic mass is 9.81. The van der Waals surface area contributed by atoms with Crippen LogP contribution in [0.3, 0.4) is 0 Å². The smallest absolute Gasteiger partial charge is 0.225 e. The summed E-state index contributed by atoms with van der Waals surface area (Å²) < 4.78 is 0. The summed E-state index contributed by atoms with van der Waals surface area (Å²) in [6.07, 6.45) is 10.7. The van der Waals surface area contributed by atoms with Crippen LogP contribution in [0.4, 0.5) is 0 Å². The monoisotopic (exact) mass is 506 g/mol. The molecule has 1 amide bonds. The van der Waals surface area contributed by atoms with Crippen LogP contribution in [0.2, 0.25) is 0 Å². The minimum absolute atomic E-state index is 0. The predicted octanol–water partition coefficient (Wildman–Crippen LogP) is 4.41. The molecular formula is C22H43IN4O. The molecule has 2 rings (SSSR count). The number of carbonyl (C=O) groups excluding carboxylic acids is 1. The van der Waals surface area contributed by atoms with E-state index in [1.165, 1.54) is 32.1 Å². The molecule has 2 unspecified atom stereocenters. The van der Waals surface area contributed by atoms with E-state index in [0.29, 0.717) is 11.9 Å². The Morgan fingerprint density at radius 2 is 1.82 bits per heavy atom. The molecule has 1 saturated heterocycles. The first-order chi connectivity index (χ1) is 13.1. The topological polar surface area (TPSA) is 56.7 Å². The Bertz CT molecular complexity index is 473. The summed E-state index contributed by atoms with van der Waals surface area (Å²) >= 11 is 0. The van der Waals surface area contributed by atoms with Crippen LogP contribution in [0, 0.1) is 17.8 Å². The van der Waals surface area contributed by atoms with Gasteiger partial charge in [0.15, 0.2) is 5.96 Å². The fourth-order valence-corrected chi connectivity index (χ4v) is 4.74. The second kappa shape index (κ2) is 13.6. The Balaban J connectivity index is 0.00000392. The first-order valence-electron chi connectivity index (χ1n) is 11.3. The maximum atomic E-state index is 12.5. The molecule has 1 aliphatic carbocycles. The van der Waals surface area contributed by atoms with Gasteiger partial charge in [-0.3, -0.25) is 9.79 Å². The van der Waals surface area contributed by atoms with Gasteiger partial charge in [0.2, 0.25) is 5.91 Å². The first kappa shape index (κ1) is 25.5. The van der Waals surface area contributed by atoms with E-state index in [2.05, 4.69) is 41.3 Å². The molecule has 0 radical (unpaired) electrons. The van der Waals surface area contributed by atoms with Crippen LogP contribution in [-0.4, -0.2) is 49.5 Å². The molecular weight excluding hydrogens is 463 g/mol. The second-order valence-corrected chi connectivity index (χ2v) is 8.68. The summed E-state index contributed by atoms with van der Waals surface area (Å²) in [4.78, 5) is 19.0. The number of likely N-dealkylation sites (tertiary alicyclic amines) is 1. The lowest BCUT2D eigenvalue weighted by Gasteiger charge is -2.35. The van der Waals surface area contributed by atoms with E-state index in [1.54, 1.807) is 0 Å². The minimum atomic E-state index is 0. The standard InChI is InChI=1S/C22H42N4O.HI/c1-5-19(6-2)21(27)26-14-11-20(12-15-26)25-22(23-4)24-13-10-18-9-7-8-17(3)16-18;/h17-20H,5-16H2,1-4H3,(H2,23,24,25);1H. The number of hydrogen-bond acceptors (Lipinski definition) is 2. The quantitative estimate of drug-likeness (QED) is 0.306. The van der Waals surface area contributed by atoms with Crippen LogP contribution < -0.4 is 10.6 Å². The molecule has 0 bridgehead atoms. The number of rotatable bonds is 7. The van der Waals surface area contributed by atoms with E-state index < -0.39 is 0 Å². The van der Waals surface area contributed by atoms with E-state index in [9.17, 15) is 4.79 Å². The molecule has 2 atom stereocenters. The van der Waals surface area contributed by atoms with Gasteiger partial charge in [0.25, 0.3) is 0 Å². The normalized spacial score (nSPS) is 24.0. The van der Waals surface area contributed by atoms with Gasteiger partial charge in [-0.25, -0.2) is 0 Å². The van der Waals surface area contributed by atoms with Crippen LogP contribution in [-0.2, 0) is 4.79 Å². The lowest BCUT2D eigenvalue weighted by molar-refractivity contribution is -0.136. The van der Waals surface area contributed by atoms with Crippen molar-refractivity contribution in [1.29, 1.82) is 0 Å². The molecule has 0 aromatic carbocycles. The molecule has 28 heavy (non-hydrogen) atoms. The number of nitrogens with zero attached hydrogens (tertiary/aromatic N) is 2. The molecule has 0 aromatic heterocycles. The number of amides is 1. The van der Waals surface area contributed by atoms with Gasteiger partial charge < -0.3 is 15.5 Å². The summed E-state index contributed by atoms with van der Waals surface area (Å²) in [5, 5.41) is 7.08. The molecule has 1 aliphatic heterocycles. The molecule has 5 nitrogen and oxygen atoms in total. The fourth-order valence-electron chi connectivity index (χ4n) is 4.74. The van der Waals surface area contributed by atoms with Gasteiger partial charge in [0.05, 0.1) is 0 Å². The van der Waals surface area contributed by atoms with Crippen molar-refractivity contribution in [2.75, 3.05) is 26.7 Å². The van der Waals surface area contributed by atoms with Crippen LogP contribution in [0.5, 0.6) is 0 Å². The number of nitrogens with one attached hydrogen (secondary N) is 2. The fraction of sp³-hybridized carbons (Fsp3) is 0.909. The SMILES string of the molecule is CCC(CC)C(=O)N1CCC(NC(=NC)NCCC2CCCC(C)C2)CC1.I. The molecule has 1 saturated carbocycles. The van der Waals surface area contributed by atoms with Crippen LogP contribution in [0.1, 0.15) is 78.6 Å². The maximum absolute atomic E-state index is 12.5. The van der Waals surface area contributed by atoms with Crippen molar-refractivity contribution in [3.05, 3.63) is 0 Å². The number of halogens is 1. The summed E-state index contributed by atoms with van der Waals surface area (Å²) in [5.41, 5.74) is 0. The number of hydrogen-bond donors (Lipinski definition) is 2. The summed E-state index contributed by atoms with van der Waals surface area (Å²) in [7, 11) is 1.85. The van der Waals surface area contributed by atoms with E-state index in [0.717, 1.165) is 63.1 Å². The van der Waals surface area contributed by atoms with E-state index >= 15 is 0 Å². The zero-order chi connectivity index (χ0) is 19.6. The highest BCUT2D eigenvalue weighted by Gasteiger charge is 2.27. The van der Waals surface area contributed by atoms with E-state index in [1.807, 2.05) is 7.05 Å². The van der Waals surface area contributed by atoms with Crippen molar-refractivity contribution >= 4 is 35.8 Å². The third-order valence-electron chi connectivity index (χ3n) is 6.60. The van der Waals surface area contributed by atoms with Gasteiger partial charge in [-0.2, -0.15) is 0 Å². The molecule has 2 aliphatic rings. The minimum Gasteiger partial charge on any atom is -0.356 e. The van der Waals surface area contributed by atoms with Crippen molar-refractivity contribution in [3.8, 4) is 0 Å². The van der Waals surface area contributed by atoms with Crippen LogP contribution in [0.15, 0.2) is 4.99 Å². The molecule has 2 N–H and O–H groups in total. The Hall–Kier alpha value is -0.530. The van der Waals surface area contributed by atoms with Gasteiger partial charge in [0.1, 0.15) is 0 Å². The average Bonchev–Trinajstić information content (AvgIpc) is 2.68. The number of carbonyl (C=O) groups is 1. The van der Waals surface area contributed by atoms with Crippen molar-refractivity contribution in [2.24, 2.45) is 22.7 Å². The Morgan fingerprint density at radius 3 is 2.39 bits per heavy atom. The number of piperidine rings is 1. The van der Waals surface area contributed by atoms with Crippen molar-refractivity contribution in [3.63, 3.8) is 0 Å². The van der Waals surface area contributed by atoms with E-state index in [-0.39, 0.29) is 29.9 Å². The summed E-state index contributed by atoms with van der Waals surface area (Å²) in [6, 6.07) is 0.414. The second-order valence-electron chi connectivity index (χ2n) is 8.68. The lowest BCUT2D eigenvalue weighted by Crippen LogP contribution is -2.50.